The molecule has 3 nitrogen and oxygen atoms in total. The highest BCUT2D eigenvalue weighted by Crippen LogP contribution is 2.41. The van der Waals surface area contributed by atoms with E-state index in [0.717, 1.165) is 11.3 Å². The van der Waals surface area contributed by atoms with Crippen molar-refractivity contribution < 1.29 is 9.21 Å². The number of β-lactam (4-membered cyclic amide) rings is 1. The number of furan rings is 1. The first-order valence-corrected chi connectivity index (χ1v) is 5.20. The lowest BCUT2D eigenvalue weighted by atomic mass is 10.1. The maximum absolute atomic E-state index is 11.5. The molecule has 1 aromatic heterocycles. The first kappa shape index (κ1) is 7.94. The first-order valence-electron chi connectivity index (χ1n) is 4.26. The molecule has 0 N–H and O–H groups in total. The van der Waals surface area contributed by atoms with Gasteiger partial charge in [0, 0.05) is 6.20 Å². The SMILES string of the molecule is O=C1/C(=C/c2ccco2)[C@@H]2SC=CN12. The molecule has 70 valence electrons. The number of carbonyl (C=O) groups excluding carboxylic acids is 1. The number of hydrogen-bond donors (Lipinski definition) is 0. The van der Waals surface area contributed by atoms with E-state index in [2.05, 4.69) is 0 Å². The Morgan fingerprint density at radius 1 is 1.57 bits per heavy atom. The van der Waals surface area contributed by atoms with Gasteiger partial charge in [0.25, 0.3) is 5.91 Å². The second-order valence-corrected chi connectivity index (χ2v) is 4.09. The fourth-order valence-electron chi connectivity index (χ4n) is 1.56. The third-order valence-electron chi connectivity index (χ3n) is 2.27. The molecular formula is C10H7NO2S. The fraction of sp³-hybridized carbons (Fsp3) is 0.100. The average Bonchev–Trinajstić information content (AvgIpc) is 2.83. The van der Waals surface area contributed by atoms with Gasteiger partial charge in [-0.2, -0.15) is 0 Å². The number of carbonyl (C=O) groups is 1. The molecule has 1 atom stereocenters. The van der Waals surface area contributed by atoms with Crippen LogP contribution < -0.4 is 0 Å². The van der Waals surface area contributed by atoms with Crippen molar-refractivity contribution in [1.29, 1.82) is 0 Å². The molecule has 2 aliphatic rings. The highest BCUT2D eigenvalue weighted by molar-refractivity contribution is 8.03. The Balaban J connectivity index is 1.91. The second kappa shape index (κ2) is 2.78. The minimum absolute atomic E-state index is 0.0765. The van der Waals surface area contributed by atoms with Crippen molar-refractivity contribution >= 4 is 23.7 Å². The van der Waals surface area contributed by atoms with Crippen molar-refractivity contribution in [2.45, 2.75) is 5.37 Å². The Morgan fingerprint density at radius 2 is 2.50 bits per heavy atom. The number of hydrogen-bond acceptors (Lipinski definition) is 3. The molecule has 4 heteroatoms. The van der Waals surface area contributed by atoms with Gasteiger partial charge in [-0.15, -0.1) is 11.8 Å². The van der Waals surface area contributed by atoms with E-state index in [0.29, 0.717) is 0 Å². The average molecular weight is 205 g/mol. The third kappa shape index (κ3) is 0.974. The molecule has 1 saturated heterocycles. The molecule has 0 saturated carbocycles. The Hall–Kier alpha value is -1.42. The van der Waals surface area contributed by atoms with Crippen LogP contribution in [0.1, 0.15) is 5.76 Å². The maximum Gasteiger partial charge on any atom is 0.258 e. The van der Waals surface area contributed by atoms with Gasteiger partial charge in [0.2, 0.25) is 0 Å². The minimum Gasteiger partial charge on any atom is -0.465 e. The largest absolute Gasteiger partial charge is 0.465 e. The lowest BCUT2D eigenvalue weighted by Gasteiger charge is -2.35. The van der Waals surface area contributed by atoms with Crippen LogP contribution in [-0.2, 0) is 4.79 Å². The van der Waals surface area contributed by atoms with E-state index in [4.69, 9.17) is 4.42 Å². The van der Waals surface area contributed by atoms with Gasteiger partial charge in [0.05, 0.1) is 11.8 Å². The Kier molecular flexibility index (Phi) is 1.58. The molecule has 0 bridgehead atoms. The standard InChI is InChI=1S/C10H7NO2S/c12-9-8(6-7-2-1-4-13-7)10-11(9)3-5-14-10/h1-6,10H/b8-6-/t10-/m0/s1. The van der Waals surface area contributed by atoms with Gasteiger partial charge < -0.3 is 4.42 Å². The van der Waals surface area contributed by atoms with Crippen LogP contribution in [0.3, 0.4) is 0 Å². The van der Waals surface area contributed by atoms with E-state index < -0.39 is 0 Å². The zero-order valence-corrected chi connectivity index (χ0v) is 8.03. The monoisotopic (exact) mass is 205 g/mol. The molecule has 1 aromatic rings. The number of amides is 1. The van der Waals surface area contributed by atoms with Crippen LogP contribution in [0.5, 0.6) is 0 Å². The summed E-state index contributed by atoms with van der Waals surface area (Å²) in [6, 6.07) is 3.66. The summed E-state index contributed by atoms with van der Waals surface area (Å²) in [5, 5.41) is 2.11. The predicted molar refractivity (Wildman–Crippen MR) is 54.1 cm³/mol. The van der Waals surface area contributed by atoms with Crippen molar-refractivity contribution in [2.24, 2.45) is 0 Å². The summed E-state index contributed by atoms with van der Waals surface area (Å²) >= 11 is 1.64. The van der Waals surface area contributed by atoms with Crippen molar-refractivity contribution in [3.63, 3.8) is 0 Å². The lowest BCUT2D eigenvalue weighted by Crippen LogP contribution is -2.47. The third-order valence-corrected chi connectivity index (χ3v) is 3.29. The molecule has 2 aliphatic heterocycles. The van der Waals surface area contributed by atoms with Gasteiger partial charge in [-0.25, -0.2) is 0 Å². The normalized spacial score (nSPS) is 26.9. The summed E-state index contributed by atoms with van der Waals surface area (Å²) in [5.41, 5.74) is 0.815. The van der Waals surface area contributed by atoms with Crippen molar-refractivity contribution in [2.75, 3.05) is 0 Å². The highest BCUT2D eigenvalue weighted by atomic mass is 32.2. The van der Waals surface area contributed by atoms with E-state index in [1.165, 1.54) is 0 Å². The molecule has 1 fully saturated rings. The number of nitrogens with zero attached hydrogens (tertiary/aromatic N) is 1. The Labute approximate surface area is 85.1 Å². The van der Waals surface area contributed by atoms with Crippen LogP contribution in [0.2, 0.25) is 0 Å². The van der Waals surface area contributed by atoms with Crippen LogP contribution in [-0.4, -0.2) is 16.2 Å². The summed E-state index contributed by atoms with van der Waals surface area (Å²) < 4.78 is 5.16. The van der Waals surface area contributed by atoms with Gasteiger partial charge in [0.1, 0.15) is 11.1 Å². The first-order chi connectivity index (χ1) is 6.86. The Morgan fingerprint density at radius 3 is 3.29 bits per heavy atom. The highest BCUT2D eigenvalue weighted by Gasteiger charge is 2.43. The minimum atomic E-state index is 0.0765. The van der Waals surface area contributed by atoms with Crippen LogP contribution in [0.25, 0.3) is 6.08 Å². The molecular weight excluding hydrogens is 198 g/mol. The second-order valence-electron chi connectivity index (χ2n) is 3.10. The van der Waals surface area contributed by atoms with Crippen LogP contribution in [0.15, 0.2) is 40.0 Å². The molecule has 0 spiro atoms. The predicted octanol–water partition coefficient (Wildman–Crippen LogP) is 2.05. The van der Waals surface area contributed by atoms with E-state index in [9.17, 15) is 4.79 Å². The van der Waals surface area contributed by atoms with Crippen LogP contribution in [0.4, 0.5) is 0 Å². The van der Waals surface area contributed by atoms with E-state index in [-0.39, 0.29) is 11.3 Å². The van der Waals surface area contributed by atoms with Gasteiger partial charge in [-0.1, -0.05) is 0 Å². The molecule has 0 radical (unpaired) electrons. The van der Waals surface area contributed by atoms with Crippen molar-refractivity contribution in [3.05, 3.63) is 41.3 Å². The molecule has 14 heavy (non-hydrogen) atoms. The fourth-order valence-corrected chi connectivity index (χ4v) is 2.53. The number of rotatable bonds is 1. The summed E-state index contributed by atoms with van der Waals surface area (Å²) in [4.78, 5) is 13.2. The molecule has 0 aromatic carbocycles. The van der Waals surface area contributed by atoms with E-state index in [1.807, 2.05) is 29.8 Å². The molecule has 3 heterocycles. The van der Waals surface area contributed by atoms with Crippen molar-refractivity contribution in [1.82, 2.24) is 4.90 Å². The molecule has 1 amide bonds. The van der Waals surface area contributed by atoms with E-state index >= 15 is 0 Å². The summed E-state index contributed by atoms with van der Waals surface area (Å²) in [7, 11) is 0. The van der Waals surface area contributed by atoms with Gasteiger partial charge in [0.15, 0.2) is 0 Å². The van der Waals surface area contributed by atoms with Gasteiger partial charge >= 0.3 is 0 Å². The van der Waals surface area contributed by atoms with Gasteiger partial charge in [-0.3, -0.25) is 9.69 Å². The van der Waals surface area contributed by atoms with Gasteiger partial charge in [-0.05, 0) is 23.6 Å². The van der Waals surface area contributed by atoms with Crippen molar-refractivity contribution in [3.8, 4) is 0 Å². The topological polar surface area (TPSA) is 33.5 Å². The smallest absolute Gasteiger partial charge is 0.258 e. The molecule has 0 aliphatic carbocycles. The zero-order valence-electron chi connectivity index (χ0n) is 7.21. The quantitative estimate of drug-likeness (QED) is 0.519. The Bertz CT molecular complexity index is 433. The van der Waals surface area contributed by atoms with E-state index in [1.54, 1.807) is 22.9 Å². The summed E-state index contributed by atoms with van der Waals surface area (Å²) in [6.45, 7) is 0. The lowest BCUT2D eigenvalue weighted by molar-refractivity contribution is -0.130. The van der Waals surface area contributed by atoms with Crippen LogP contribution >= 0.6 is 11.8 Å². The molecule has 3 rings (SSSR count). The zero-order chi connectivity index (χ0) is 9.54. The summed E-state index contributed by atoms with van der Waals surface area (Å²) in [6.07, 6.45) is 5.23. The number of thioether (sulfide) groups is 1. The summed E-state index contributed by atoms with van der Waals surface area (Å²) in [5.74, 6) is 0.813. The van der Waals surface area contributed by atoms with Crippen LogP contribution in [0, 0.1) is 0 Å². The molecule has 0 unspecified atom stereocenters. The number of fused-ring (bicyclic) bond motifs is 1. The maximum atomic E-state index is 11.5.